The van der Waals surface area contributed by atoms with Crippen LogP contribution in [0.1, 0.15) is 37.8 Å². The first kappa shape index (κ1) is 13.3. The van der Waals surface area contributed by atoms with Gasteiger partial charge in [-0.3, -0.25) is 0 Å². The molecule has 18 heavy (non-hydrogen) atoms. The van der Waals surface area contributed by atoms with Crippen LogP contribution in [0.15, 0.2) is 18.2 Å². The van der Waals surface area contributed by atoms with Crippen LogP contribution in [-0.2, 0) is 6.54 Å². The Balaban J connectivity index is 1.94. The van der Waals surface area contributed by atoms with Gasteiger partial charge in [0.2, 0.25) is 0 Å². The number of pyridine rings is 1. The maximum Gasteiger partial charge on any atom is 0.128 e. The third-order valence-corrected chi connectivity index (χ3v) is 3.80. The van der Waals surface area contributed by atoms with Crippen molar-refractivity contribution in [3.63, 3.8) is 0 Å². The van der Waals surface area contributed by atoms with Gasteiger partial charge >= 0.3 is 0 Å². The quantitative estimate of drug-likeness (QED) is 0.867. The highest BCUT2D eigenvalue weighted by molar-refractivity contribution is 5.38. The molecule has 0 bridgehead atoms. The molecule has 0 unspecified atom stereocenters. The van der Waals surface area contributed by atoms with Crippen molar-refractivity contribution in [1.29, 1.82) is 0 Å². The summed E-state index contributed by atoms with van der Waals surface area (Å²) in [7, 11) is 4.13. The molecule has 3 heteroatoms. The Morgan fingerprint density at radius 1 is 1.28 bits per heavy atom. The molecule has 1 saturated carbocycles. The van der Waals surface area contributed by atoms with Crippen LogP contribution in [0.25, 0.3) is 0 Å². The summed E-state index contributed by atoms with van der Waals surface area (Å²) in [5.74, 6) is 1.96. The first-order valence-corrected chi connectivity index (χ1v) is 7.11. The van der Waals surface area contributed by atoms with E-state index in [1.165, 1.54) is 32.1 Å². The van der Waals surface area contributed by atoms with Crippen LogP contribution < -0.4 is 10.2 Å². The Bertz CT molecular complexity index is 359. The molecule has 2 rings (SSSR count). The molecule has 0 atom stereocenters. The molecule has 0 amide bonds. The first-order valence-electron chi connectivity index (χ1n) is 7.11. The number of aromatic nitrogens is 1. The van der Waals surface area contributed by atoms with E-state index in [2.05, 4.69) is 35.5 Å². The van der Waals surface area contributed by atoms with Gasteiger partial charge < -0.3 is 10.2 Å². The minimum atomic E-state index is 0.838. The SMILES string of the molecule is CNCc1cccc(N(C)CC2CCCCC2)n1. The second kappa shape index (κ2) is 6.74. The van der Waals surface area contributed by atoms with Crippen molar-refractivity contribution in [2.75, 3.05) is 25.5 Å². The number of nitrogens with zero attached hydrogens (tertiary/aromatic N) is 2. The molecule has 3 nitrogen and oxygen atoms in total. The average Bonchev–Trinajstić information content (AvgIpc) is 2.40. The maximum absolute atomic E-state index is 4.69. The minimum absolute atomic E-state index is 0.838. The van der Waals surface area contributed by atoms with Crippen LogP contribution in [-0.4, -0.2) is 25.6 Å². The lowest BCUT2D eigenvalue weighted by Gasteiger charge is -2.27. The van der Waals surface area contributed by atoms with E-state index in [0.717, 1.165) is 30.5 Å². The molecule has 1 aliphatic rings. The molecule has 0 aromatic carbocycles. The number of hydrogen-bond acceptors (Lipinski definition) is 3. The van der Waals surface area contributed by atoms with Crippen LogP contribution in [0.2, 0.25) is 0 Å². The van der Waals surface area contributed by atoms with Gasteiger partial charge in [0.1, 0.15) is 5.82 Å². The number of anilines is 1. The van der Waals surface area contributed by atoms with E-state index in [1.54, 1.807) is 0 Å². The van der Waals surface area contributed by atoms with Gasteiger partial charge in [-0.1, -0.05) is 25.3 Å². The Morgan fingerprint density at radius 3 is 2.78 bits per heavy atom. The Kier molecular flexibility index (Phi) is 5.00. The summed E-state index contributed by atoms with van der Waals surface area (Å²) in [5, 5.41) is 3.15. The van der Waals surface area contributed by atoms with Gasteiger partial charge in [0, 0.05) is 20.1 Å². The summed E-state index contributed by atoms with van der Waals surface area (Å²) in [6, 6.07) is 6.29. The zero-order chi connectivity index (χ0) is 12.8. The van der Waals surface area contributed by atoms with E-state index in [4.69, 9.17) is 4.98 Å². The number of nitrogens with one attached hydrogen (secondary N) is 1. The van der Waals surface area contributed by atoms with Crippen molar-refractivity contribution in [2.45, 2.75) is 38.6 Å². The Labute approximate surface area is 111 Å². The van der Waals surface area contributed by atoms with Crippen LogP contribution >= 0.6 is 0 Å². The second-order valence-electron chi connectivity index (χ2n) is 5.40. The van der Waals surface area contributed by atoms with Gasteiger partial charge in [-0.15, -0.1) is 0 Å². The summed E-state index contributed by atoms with van der Waals surface area (Å²) in [5.41, 5.74) is 1.12. The highest BCUT2D eigenvalue weighted by atomic mass is 15.2. The molecule has 1 fully saturated rings. The third-order valence-electron chi connectivity index (χ3n) is 3.80. The van der Waals surface area contributed by atoms with Crippen molar-refractivity contribution in [2.24, 2.45) is 5.92 Å². The molecule has 100 valence electrons. The van der Waals surface area contributed by atoms with E-state index in [0.29, 0.717) is 0 Å². The highest BCUT2D eigenvalue weighted by Gasteiger charge is 2.16. The van der Waals surface area contributed by atoms with Crippen LogP contribution in [0.5, 0.6) is 0 Å². The molecular formula is C15H25N3. The van der Waals surface area contributed by atoms with E-state index < -0.39 is 0 Å². The van der Waals surface area contributed by atoms with E-state index in [9.17, 15) is 0 Å². The Hall–Kier alpha value is -1.09. The molecule has 0 radical (unpaired) electrons. The van der Waals surface area contributed by atoms with Crippen molar-refractivity contribution >= 4 is 5.82 Å². The lowest BCUT2D eigenvalue weighted by molar-refractivity contribution is 0.361. The zero-order valence-corrected chi connectivity index (χ0v) is 11.7. The van der Waals surface area contributed by atoms with Crippen molar-refractivity contribution in [1.82, 2.24) is 10.3 Å². The lowest BCUT2D eigenvalue weighted by atomic mass is 9.89. The topological polar surface area (TPSA) is 28.2 Å². The van der Waals surface area contributed by atoms with Gasteiger partial charge in [0.05, 0.1) is 5.69 Å². The first-order chi connectivity index (χ1) is 8.79. The molecular weight excluding hydrogens is 222 g/mol. The van der Waals surface area contributed by atoms with Crippen LogP contribution in [0.4, 0.5) is 5.82 Å². The summed E-state index contributed by atoms with van der Waals surface area (Å²) in [6.45, 7) is 1.99. The van der Waals surface area contributed by atoms with E-state index in [1.807, 2.05) is 7.05 Å². The smallest absolute Gasteiger partial charge is 0.128 e. The predicted octanol–water partition coefficient (Wildman–Crippen LogP) is 2.82. The van der Waals surface area contributed by atoms with E-state index in [-0.39, 0.29) is 0 Å². The summed E-state index contributed by atoms with van der Waals surface area (Å²) in [4.78, 5) is 7.01. The summed E-state index contributed by atoms with van der Waals surface area (Å²) in [6.07, 6.45) is 7.02. The maximum atomic E-state index is 4.69. The largest absolute Gasteiger partial charge is 0.359 e. The molecule has 1 heterocycles. The molecule has 1 aromatic rings. The number of hydrogen-bond donors (Lipinski definition) is 1. The fourth-order valence-corrected chi connectivity index (χ4v) is 2.81. The van der Waals surface area contributed by atoms with Crippen molar-refractivity contribution in [3.8, 4) is 0 Å². The Morgan fingerprint density at radius 2 is 2.06 bits per heavy atom. The van der Waals surface area contributed by atoms with E-state index >= 15 is 0 Å². The monoisotopic (exact) mass is 247 g/mol. The third kappa shape index (κ3) is 3.70. The summed E-state index contributed by atoms with van der Waals surface area (Å²) >= 11 is 0. The van der Waals surface area contributed by atoms with Crippen molar-refractivity contribution in [3.05, 3.63) is 23.9 Å². The normalized spacial score (nSPS) is 16.8. The summed E-state index contributed by atoms with van der Waals surface area (Å²) < 4.78 is 0. The van der Waals surface area contributed by atoms with Gasteiger partial charge in [-0.05, 0) is 37.9 Å². The van der Waals surface area contributed by atoms with Gasteiger partial charge in [-0.2, -0.15) is 0 Å². The molecule has 0 spiro atoms. The van der Waals surface area contributed by atoms with Gasteiger partial charge in [0.15, 0.2) is 0 Å². The standard InChI is InChI=1S/C15H25N3/c1-16-11-14-9-6-10-15(17-14)18(2)12-13-7-4-3-5-8-13/h6,9-10,13,16H,3-5,7-8,11-12H2,1-2H3. The highest BCUT2D eigenvalue weighted by Crippen LogP contribution is 2.25. The van der Waals surface area contributed by atoms with Gasteiger partial charge in [-0.25, -0.2) is 4.98 Å². The average molecular weight is 247 g/mol. The fraction of sp³-hybridized carbons (Fsp3) is 0.667. The molecule has 1 aliphatic carbocycles. The second-order valence-corrected chi connectivity index (χ2v) is 5.40. The van der Waals surface area contributed by atoms with Gasteiger partial charge in [0.25, 0.3) is 0 Å². The lowest BCUT2D eigenvalue weighted by Crippen LogP contribution is -2.27. The van der Waals surface area contributed by atoms with Crippen LogP contribution in [0.3, 0.4) is 0 Å². The molecule has 1 N–H and O–H groups in total. The molecule has 1 aromatic heterocycles. The zero-order valence-electron chi connectivity index (χ0n) is 11.7. The van der Waals surface area contributed by atoms with Crippen LogP contribution in [0, 0.1) is 5.92 Å². The van der Waals surface area contributed by atoms with Crippen molar-refractivity contribution < 1.29 is 0 Å². The fourth-order valence-electron chi connectivity index (χ4n) is 2.81. The molecule has 0 aliphatic heterocycles. The minimum Gasteiger partial charge on any atom is -0.359 e. The molecule has 0 saturated heterocycles. The number of rotatable bonds is 5. The predicted molar refractivity (Wildman–Crippen MR) is 76.8 cm³/mol.